The Bertz CT molecular complexity index is 320. The van der Waals surface area contributed by atoms with Crippen LogP contribution in [0.3, 0.4) is 0 Å². The molecule has 1 aromatic rings. The fraction of sp³-hybridized carbons (Fsp3) is 0.364. The topological polar surface area (TPSA) is 16.4 Å². The Kier molecular flexibility index (Phi) is 2.03. The van der Waals surface area contributed by atoms with E-state index in [0.717, 1.165) is 13.1 Å². The van der Waals surface area contributed by atoms with E-state index in [4.69, 9.17) is 6.57 Å². The third-order valence-corrected chi connectivity index (χ3v) is 2.69. The van der Waals surface area contributed by atoms with Crippen LogP contribution >= 0.6 is 0 Å². The van der Waals surface area contributed by atoms with Crippen molar-refractivity contribution in [1.29, 1.82) is 0 Å². The molecular formula is C11H12N2. The van der Waals surface area contributed by atoms with E-state index >= 15 is 0 Å². The van der Waals surface area contributed by atoms with Gasteiger partial charge in [-0.15, -0.1) is 0 Å². The van der Waals surface area contributed by atoms with E-state index in [1.165, 1.54) is 5.56 Å². The molecule has 13 heavy (non-hydrogen) atoms. The van der Waals surface area contributed by atoms with Crippen molar-refractivity contribution < 1.29 is 0 Å². The molecule has 1 saturated heterocycles. The third-order valence-electron chi connectivity index (χ3n) is 2.69. The number of nitrogens with one attached hydrogen (secondary N) is 1. The largest absolute Gasteiger partial charge is 0.316 e. The molecule has 0 saturated carbocycles. The number of rotatable bonds is 2. The molecule has 0 amide bonds. The summed E-state index contributed by atoms with van der Waals surface area (Å²) in [7, 11) is 0. The lowest BCUT2D eigenvalue weighted by molar-refractivity contribution is 0.299. The van der Waals surface area contributed by atoms with E-state index in [1.54, 1.807) is 0 Å². The van der Waals surface area contributed by atoms with E-state index in [1.807, 2.05) is 18.2 Å². The van der Waals surface area contributed by atoms with Crippen molar-refractivity contribution in [2.75, 3.05) is 19.6 Å². The average molecular weight is 172 g/mol. The molecule has 0 unspecified atom stereocenters. The molecule has 1 heterocycles. The lowest BCUT2D eigenvalue weighted by Gasteiger charge is -2.38. The molecule has 2 nitrogen and oxygen atoms in total. The van der Waals surface area contributed by atoms with Crippen molar-refractivity contribution in [3.63, 3.8) is 0 Å². The van der Waals surface area contributed by atoms with Crippen LogP contribution in [0, 0.1) is 6.57 Å². The lowest BCUT2D eigenvalue weighted by Crippen LogP contribution is -2.58. The van der Waals surface area contributed by atoms with E-state index < -0.39 is 0 Å². The number of hydrogen-bond acceptors (Lipinski definition) is 1. The summed E-state index contributed by atoms with van der Waals surface area (Å²) >= 11 is 0. The Hall–Kier alpha value is -1.33. The van der Waals surface area contributed by atoms with Gasteiger partial charge in [0.15, 0.2) is 0 Å². The second kappa shape index (κ2) is 3.20. The van der Waals surface area contributed by atoms with Gasteiger partial charge in [-0.3, -0.25) is 0 Å². The molecule has 2 rings (SSSR count). The Morgan fingerprint density at radius 2 is 2.00 bits per heavy atom. The standard InChI is InChI=1S/C11H12N2/c1-12-7-11(8-13-9-11)10-5-3-2-4-6-10/h2-6,13H,7-9H2. The zero-order valence-electron chi connectivity index (χ0n) is 7.46. The Morgan fingerprint density at radius 1 is 1.31 bits per heavy atom. The molecule has 0 aliphatic carbocycles. The Balaban J connectivity index is 2.28. The van der Waals surface area contributed by atoms with Gasteiger partial charge in [-0.2, -0.15) is 0 Å². The minimum absolute atomic E-state index is 0.100. The van der Waals surface area contributed by atoms with Gasteiger partial charge in [0.05, 0.1) is 5.41 Å². The average Bonchev–Trinajstić information content (AvgIpc) is 2.13. The van der Waals surface area contributed by atoms with Gasteiger partial charge in [0.25, 0.3) is 0 Å². The predicted octanol–water partition coefficient (Wildman–Crippen LogP) is 1.45. The summed E-state index contributed by atoms with van der Waals surface area (Å²) < 4.78 is 0. The smallest absolute Gasteiger partial charge is 0.226 e. The predicted molar refractivity (Wildman–Crippen MR) is 52.5 cm³/mol. The van der Waals surface area contributed by atoms with Crippen molar-refractivity contribution in [3.8, 4) is 0 Å². The molecule has 0 spiro atoms. The van der Waals surface area contributed by atoms with Crippen molar-refractivity contribution in [1.82, 2.24) is 5.32 Å². The quantitative estimate of drug-likeness (QED) is 0.668. The third kappa shape index (κ3) is 1.32. The summed E-state index contributed by atoms with van der Waals surface area (Å²) in [5.41, 5.74) is 1.40. The minimum atomic E-state index is 0.100. The van der Waals surface area contributed by atoms with Gasteiger partial charge in [0.2, 0.25) is 6.54 Å². The molecule has 0 bridgehead atoms. The Labute approximate surface area is 78.4 Å². The first-order valence-corrected chi connectivity index (χ1v) is 4.47. The molecule has 66 valence electrons. The van der Waals surface area contributed by atoms with E-state index in [0.29, 0.717) is 6.54 Å². The summed E-state index contributed by atoms with van der Waals surface area (Å²) in [5.74, 6) is 0. The summed E-state index contributed by atoms with van der Waals surface area (Å²) in [5, 5.41) is 3.24. The molecule has 1 N–H and O–H groups in total. The van der Waals surface area contributed by atoms with Crippen LogP contribution in [0.1, 0.15) is 5.56 Å². The molecule has 0 aromatic heterocycles. The lowest BCUT2D eigenvalue weighted by atomic mass is 9.75. The van der Waals surface area contributed by atoms with Gasteiger partial charge in [-0.05, 0) is 5.56 Å². The van der Waals surface area contributed by atoms with Gasteiger partial charge in [0, 0.05) is 13.1 Å². The van der Waals surface area contributed by atoms with Crippen LogP contribution in [0.15, 0.2) is 30.3 Å². The highest BCUT2D eigenvalue weighted by Crippen LogP contribution is 2.28. The van der Waals surface area contributed by atoms with Crippen LogP contribution in [-0.4, -0.2) is 19.6 Å². The number of benzene rings is 1. The summed E-state index contributed by atoms with van der Waals surface area (Å²) in [6, 6.07) is 10.3. The van der Waals surface area contributed by atoms with Crippen molar-refractivity contribution in [2.24, 2.45) is 0 Å². The van der Waals surface area contributed by atoms with Gasteiger partial charge >= 0.3 is 0 Å². The maximum atomic E-state index is 6.94. The molecule has 0 radical (unpaired) electrons. The first kappa shape index (κ1) is 8.28. The molecule has 1 aliphatic rings. The number of hydrogen-bond donors (Lipinski definition) is 1. The minimum Gasteiger partial charge on any atom is -0.316 e. The highest BCUT2D eigenvalue weighted by Gasteiger charge is 2.41. The molecular weight excluding hydrogens is 160 g/mol. The second-order valence-electron chi connectivity index (χ2n) is 3.57. The second-order valence-corrected chi connectivity index (χ2v) is 3.57. The van der Waals surface area contributed by atoms with Crippen molar-refractivity contribution >= 4 is 0 Å². The van der Waals surface area contributed by atoms with Crippen LogP contribution in [0.5, 0.6) is 0 Å². The first-order valence-electron chi connectivity index (χ1n) is 4.47. The van der Waals surface area contributed by atoms with E-state index in [9.17, 15) is 0 Å². The zero-order chi connectivity index (χ0) is 9.15. The summed E-state index contributed by atoms with van der Waals surface area (Å²) in [6.45, 7) is 9.43. The van der Waals surface area contributed by atoms with Crippen LogP contribution in [0.25, 0.3) is 4.85 Å². The maximum absolute atomic E-state index is 6.94. The van der Waals surface area contributed by atoms with E-state index in [-0.39, 0.29) is 5.41 Å². The summed E-state index contributed by atoms with van der Waals surface area (Å²) in [4.78, 5) is 3.52. The molecule has 1 fully saturated rings. The molecule has 0 atom stereocenters. The highest BCUT2D eigenvalue weighted by molar-refractivity contribution is 5.31. The van der Waals surface area contributed by atoms with Gasteiger partial charge in [0.1, 0.15) is 0 Å². The van der Waals surface area contributed by atoms with Crippen LogP contribution in [0.2, 0.25) is 0 Å². The zero-order valence-corrected chi connectivity index (χ0v) is 7.46. The first-order chi connectivity index (χ1) is 6.37. The number of nitrogens with zero attached hydrogens (tertiary/aromatic N) is 1. The van der Waals surface area contributed by atoms with Gasteiger partial charge in [-0.25, -0.2) is 6.57 Å². The van der Waals surface area contributed by atoms with Crippen molar-refractivity contribution in [2.45, 2.75) is 5.41 Å². The van der Waals surface area contributed by atoms with Crippen molar-refractivity contribution in [3.05, 3.63) is 47.3 Å². The van der Waals surface area contributed by atoms with Crippen LogP contribution < -0.4 is 5.32 Å². The normalized spacial score (nSPS) is 18.7. The monoisotopic (exact) mass is 172 g/mol. The summed E-state index contributed by atoms with van der Waals surface area (Å²) in [6.07, 6.45) is 0. The fourth-order valence-corrected chi connectivity index (χ4v) is 1.78. The fourth-order valence-electron chi connectivity index (χ4n) is 1.78. The molecule has 1 aromatic carbocycles. The van der Waals surface area contributed by atoms with E-state index in [2.05, 4.69) is 22.3 Å². The molecule has 1 aliphatic heterocycles. The SMILES string of the molecule is [C-]#[N+]CC1(c2ccccc2)CNC1. The molecule has 2 heteroatoms. The maximum Gasteiger partial charge on any atom is 0.226 e. The Morgan fingerprint density at radius 3 is 2.46 bits per heavy atom. The van der Waals surface area contributed by atoms with Crippen LogP contribution in [0.4, 0.5) is 0 Å². The van der Waals surface area contributed by atoms with Crippen LogP contribution in [-0.2, 0) is 5.41 Å². The highest BCUT2D eigenvalue weighted by atomic mass is 15.0. The van der Waals surface area contributed by atoms with Gasteiger partial charge < -0.3 is 10.2 Å². The van der Waals surface area contributed by atoms with Gasteiger partial charge in [-0.1, -0.05) is 30.3 Å².